The highest BCUT2D eigenvalue weighted by molar-refractivity contribution is 6.07. The van der Waals surface area contributed by atoms with Crippen molar-refractivity contribution in [2.75, 3.05) is 11.4 Å². The minimum atomic E-state index is 0.0902. The summed E-state index contributed by atoms with van der Waals surface area (Å²) < 4.78 is 0. The number of nitrogens with zero attached hydrogens (tertiary/aromatic N) is 1. The number of aryl methyl sites for hydroxylation is 1. The minimum absolute atomic E-state index is 0.0902. The first kappa shape index (κ1) is 12.7. The first-order valence-corrected chi connectivity index (χ1v) is 6.92. The van der Waals surface area contributed by atoms with Gasteiger partial charge in [-0.2, -0.15) is 0 Å². The molecule has 2 heteroatoms. The number of para-hydroxylation sites is 1. The van der Waals surface area contributed by atoms with Gasteiger partial charge in [0.2, 0.25) is 0 Å². The van der Waals surface area contributed by atoms with E-state index in [-0.39, 0.29) is 5.91 Å². The summed E-state index contributed by atoms with van der Waals surface area (Å²) in [5.74, 6) is 0.0902. The van der Waals surface area contributed by atoms with Crippen LogP contribution in [0.15, 0.2) is 55.1 Å². The van der Waals surface area contributed by atoms with E-state index >= 15 is 0 Å². The van der Waals surface area contributed by atoms with Gasteiger partial charge in [-0.05, 0) is 42.2 Å². The van der Waals surface area contributed by atoms with Crippen LogP contribution in [0.25, 0.3) is 6.08 Å². The second-order valence-corrected chi connectivity index (χ2v) is 5.02. The molecule has 1 heterocycles. The number of carbonyl (C=O) groups excluding carboxylic acids is 1. The maximum absolute atomic E-state index is 12.8. The monoisotopic (exact) mass is 263 g/mol. The van der Waals surface area contributed by atoms with Gasteiger partial charge in [-0.3, -0.25) is 4.79 Å². The Hall–Kier alpha value is -2.35. The van der Waals surface area contributed by atoms with E-state index in [0.29, 0.717) is 0 Å². The third-order valence-electron chi connectivity index (χ3n) is 3.74. The van der Waals surface area contributed by atoms with Crippen LogP contribution in [-0.4, -0.2) is 12.5 Å². The van der Waals surface area contributed by atoms with E-state index in [4.69, 9.17) is 0 Å². The van der Waals surface area contributed by atoms with Crippen molar-refractivity contribution in [3.8, 4) is 0 Å². The van der Waals surface area contributed by atoms with Gasteiger partial charge < -0.3 is 4.90 Å². The number of anilines is 1. The van der Waals surface area contributed by atoms with E-state index in [1.54, 1.807) is 6.08 Å². The number of rotatable bonds is 2. The van der Waals surface area contributed by atoms with Crippen molar-refractivity contribution in [2.24, 2.45) is 0 Å². The van der Waals surface area contributed by atoms with Crippen LogP contribution >= 0.6 is 0 Å². The summed E-state index contributed by atoms with van der Waals surface area (Å²) in [5.41, 5.74) is 3.91. The molecule has 0 fully saturated rings. The molecular weight excluding hydrogens is 246 g/mol. The van der Waals surface area contributed by atoms with Gasteiger partial charge in [-0.1, -0.05) is 43.0 Å². The van der Waals surface area contributed by atoms with Crippen LogP contribution < -0.4 is 4.90 Å². The second kappa shape index (κ2) is 5.33. The van der Waals surface area contributed by atoms with Crippen molar-refractivity contribution in [3.05, 3.63) is 71.8 Å². The lowest BCUT2D eigenvalue weighted by atomic mass is 10.0. The van der Waals surface area contributed by atoms with Crippen LogP contribution in [-0.2, 0) is 6.42 Å². The minimum Gasteiger partial charge on any atom is -0.308 e. The Morgan fingerprint density at radius 3 is 2.65 bits per heavy atom. The normalized spacial score (nSPS) is 14.6. The molecule has 2 nitrogen and oxygen atoms in total. The molecule has 2 aromatic carbocycles. The number of carbonyl (C=O) groups is 1. The zero-order chi connectivity index (χ0) is 13.9. The van der Waals surface area contributed by atoms with Crippen molar-refractivity contribution in [3.63, 3.8) is 0 Å². The summed E-state index contributed by atoms with van der Waals surface area (Å²) in [7, 11) is 0. The van der Waals surface area contributed by atoms with Gasteiger partial charge in [0.25, 0.3) is 5.91 Å². The van der Waals surface area contributed by atoms with E-state index in [9.17, 15) is 4.79 Å². The maximum Gasteiger partial charge on any atom is 0.258 e. The van der Waals surface area contributed by atoms with Gasteiger partial charge in [0.15, 0.2) is 0 Å². The first-order chi connectivity index (χ1) is 9.79. The molecule has 3 rings (SSSR count). The lowest BCUT2D eigenvalue weighted by Gasteiger charge is -2.21. The molecule has 0 spiro atoms. The molecule has 0 bridgehead atoms. The standard InChI is InChI=1S/C18H17NO/c1-2-14-10-11-15-7-6-12-19(18(20)17(15)13-14)16-8-4-3-5-9-16/h2-5,8-11,13H,1,6-7,12H2. The number of hydrogen-bond donors (Lipinski definition) is 0. The SMILES string of the molecule is C=Cc1ccc2c(c1)C(=O)N(c1ccccc1)CCC2. The fraction of sp³-hybridized carbons (Fsp3) is 0.167. The Kier molecular flexibility index (Phi) is 3.38. The number of fused-ring (bicyclic) bond motifs is 1. The summed E-state index contributed by atoms with van der Waals surface area (Å²) >= 11 is 0. The van der Waals surface area contributed by atoms with Gasteiger partial charge in [-0.15, -0.1) is 0 Å². The molecule has 0 unspecified atom stereocenters. The zero-order valence-electron chi connectivity index (χ0n) is 11.4. The molecule has 1 aliphatic heterocycles. The Morgan fingerprint density at radius 2 is 1.90 bits per heavy atom. The molecule has 2 aromatic rings. The lowest BCUT2D eigenvalue weighted by molar-refractivity contribution is 0.0988. The Bertz CT molecular complexity index is 646. The molecular formula is C18H17NO. The van der Waals surface area contributed by atoms with Gasteiger partial charge in [-0.25, -0.2) is 0 Å². The van der Waals surface area contributed by atoms with Crippen LogP contribution in [0.3, 0.4) is 0 Å². The molecule has 20 heavy (non-hydrogen) atoms. The maximum atomic E-state index is 12.8. The molecule has 0 atom stereocenters. The molecule has 0 saturated carbocycles. The van der Waals surface area contributed by atoms with Gasteiger partial charge in [0.1, 0.15) is 0 Å². The summed E-state index contributed by atoms with van der Waals surface area (Å²) in [4.78, 5) is 14.7. The average Bonchev–Trinajstić information content (AvgIpc) is 2.67. The van der Waals surface area contributed by atoms with Gasteiger partial charge >= 0.3 is 0 Å². The van der Waals surface area contributed by atoms with Crippen molar-refractivity contribution < 1.29 is 4.79 Å². The predicted molar refractivity (Wildman–Crippen MR) is 83.0 cm³/mol. The molecule has 0 saturated heterocycles. The number of benzene rings is 2. The van der Waals surface area contributed by atoms with Gasteiger partial charge in [0.05, 0.1) is 0 Å². The smallest absolute Gasteiger partial charge is 0.258 e. The van der Waals surface area contributed by atoms with Gasteiger partial charge in [0, 0.05) is 17.8 Å². The highest BCUT2D eigenvalue weighted by Gasteiger charge is 2.23. The van der Waals surface area contributed by atoms with E-state index in [2.05, 4.69) is 12.6 Å². The largest absolute Gasteiger partial charge is 0.308 e. The molecule has 1 aliphatic rings. The fourth-order valence-electron chi connectivity index (χ4n) is 2.67. The average molecular weight is 263 g/mol. The topological polar surface area (TPSA) is 20.3 Å². The molecule has 1 amide bonds. The van der Waals surface area contributed by atoms with E-state index in [1.165, 1.54) is 0 Å². The second-order valence-electron chi connectivity index (χ2n) is 5.02. The first-order valence-electron chi connectivity index (χ1n) is 6.92. The van der Waals surface area contributed by atoms with E-state index in [1.807, 2.05) is 47.4 Å². The highest BCUT2D eigenvalue weighted by Crippen LogP contribution is 2.24. The van der Waals surface area contributed by atoms with E-state index in [0.717, 1.165) is 41.8 Å². The van der Waals surface area contributed by atoms with Crippen LogP contribution in [0.5, 0.6) is 0 Å². The molecule has 0 N–H and O–H groups in total. The van der Waals surface area contributed by atoms with Crippen molar-refractivity contribution in [2.45, 2.75) is 12.8 Å². The lowest BCUT2D eigenvalue weighted by Crippen LogP contribution is -2.30. The summed E-state index contributed by atoms with van der Waals surface area (Å²) in [6.45, 7) is 4.55. The van der Waals surface area contributed by atoms with Crippen LogP contribution in [0.4, 0.5) is 5.69 Å². The summed E-state index contributed by atoms with van der Waals surface area (Å²) in [6.07, 6.45) is 3.72. The Labute approximate surface area is 119 Å². The summed E-state index contributed by atoms with van der Waals surface area (Å²) in [6, 6.07) is 15.9. The third kappa shape index (κ3) is 2.25. The number of hydrogen-bond acceptors (Lipinski definition) is 1. The van der Waals surface area contributed by atoms with Crippen molar-refractivity contribution >= 4 is 17.7 Å². The molecule has 0 aliphatic carbocycles. The van der Waals surface area contributed by atoms with Crippen molar-refractivity contribution in [1.29, 1.82) is 0 Å². The van der Waals surface area contributed by atoms with Crippen LogP contribution in [0, 0.1) is 0 Å². The summed E-state index contributed by atoms with van der Waals surface area (Å²) in [5, 5.41) is 0. The third-order valence-corrected chi connectivity index (χ3v) is 3.74. The van der Waals surface area contributed by atoms with E-state index < -0.39 is 0 Å². The van der Waals surface area contributed by atoms with Crippen LogP contribution in [0.1, 0.15) is 27.9 Å². The Morgan fingerprint density at radius 1 is 1.10 bits per heavy atom. The fourth-order valence-corrected chi connectivity index (χ4v) is 2.67. The highest BCUT2D eigenvalue weighted by atomic mass is 16.2. The quantitative estimate of drug-likeness (QED) is 0.804. The Balaban J connectivity index is 2.04. The van der Waals surface area contributed by atoms with Crippen LogP contribution in [0.2, 0.25) is 0 Å². The molecule has 100 valence electrons. The van der Waals surface area contributed by atoms with Crippen molar-refractivity contribution in [1.82, 2.24) is 0 Å². The zero-order valence-corrected chi connectivity index (χ0v) is 11.4. The predicted octanol–water partition coefficient (Wildman–Crippen LogP) is 3.92. The molecule has 0 radical (unpaired) electrons. The number of amides is 1. The molecule has 0 aromatic heterocycles.